The van der Waals surface area contributed by atoms with Crippen molar-refractivity contribution in [2.75, 3.05) is 11.1 Å². The number of nitrogens with one attached hydrogen (secondary N) is 1. The van der Waals surface area contributed by atoms with Gasteiger partial charge in [-0.3, -0.25) is 4.79 Å². The van der Waals surface area contributed by atoms with E-state index in [2.05, 4.69) is 15.5 Å². The summed E-state index contributed by atoms with van der Waals surface area (Å²) >= 11 is 13.0. The minimum Gasteiger partial charge on any atom is -0.374 e. The Morgan fingerprint density at radius 3 is 2.72 bits per heavy atom. The normalized spacial score (nSPS) is 10.4. The molecule has 2 aromatic rings. The zero-order valence-electron chi connectivity index (χ0n) is 9.20. The van der Waals surface area contributed by atoms with Crippen LogP contribution < -0.4 is 11.1 Å². The van der Waals surface area contributed by atoms with Gasteiger partial charge in [0, 0.05) is 0 Å². The van der Waals surface area contributed by atoms with Crippen molar-refractivity contribution in [2.45, 2.75) is 6.92 Å². The highest BCUT2D eigenvalue weighted by Gasteiger charge is 2.16. The zero-order chi connectivity index (χ0) is 13.3. The number of aryl methyl sites for hydroxylation is 1. The molecule has 2 rings (SSSR count). The molecule has 0 aliphatic rings. The lowest BCUT2D eigenvalue weighted by Crippen LogP contribution is -2.12. The summed E-state index contributed by atoms with van der Waals surface area (Å²) in [7, 11) is 0. The van der Waals surface area contributed by atoms with Crippen LogP contribution in [0.1, 0.15) is 15.4 Å². The van der Waals surface area contributed by atoms with E-state index in [4.69, 9.17) is 28.9 Å². The highest BCUT2D eigenvalue weighted by Crippen LogP contribution is 2.33. The second kappa shape index (κ2) is 5.09. The second-order valence-corrected chi connectivity index (χ2v) is 5.25. The Bertz CT molecular complexity index is 614. The molecule has 0 bridgehead atoms. The van der Waals surface area contributed by atoms with Crippen molar-refractivity contribution >= 4 is 51.3 Å². The monoisotopic (exact) mass is 302 g/mol. The van der Waals surface area contributed by atoms with E-state index in [1.165, 1.54) is 0 Å². The molecule has 3 N–H and O–H groups in total. The molecule has 8 heteroatoms. The van der Waals surface area contributed by atoms with Crippen LogP contribution in [0.5, 0.6) is 0 Å². The lowest BCUT2D eigenvalue weighted by molar-refractivity contribution is 0.102. The van der Waals surface area contributed by atoms with Crippen LogP contribution in [0.4, 0.5) is 10.8 Å². The largest absolute Gasteiger partial charge is 0.374 e. The van der Waals surface area contributed by atoms with E-state index in [1.54, 1.807) is 12.1 Å². The first-order valence-electron chi connectivity index (χ1n) is 4.84. The van der Waals surface area contributed by atoms with Gasteiger partial charge in [-0.2, -0.15) is 0 Å². The fourth-order valence-corrected chi connectivity index (χ4v) is 2.23. The van der Waals surface area contributed by atoms with Gasteiger partial charge in [-0.1, -0.05) is 40.6 Å². The summed E-state index contributed by atoms with van der Waals surface area (Å²) in [6.45, 7) is 1.82. The van der Waals surface area contributed by atoms with Gasteiger partial charge in [-0.15, -0.1) is 10.2 Å². The summed E-state index contributed by atoms with van der Waals surface area (Å²) in [6.07, 6.45) is 0. The molecule has 0 unspecified atom stereocenters. The fraction of sp³-hybridized carbons (Fsp3) is 0.100. The third kappa shape index (κ3) is 2.55. The molecular weight excluding hydrogens is 295 g/mol. The van der Waals surface area contributed by atoms with E-state index in [-0.39, 0.29) is 10.1 Å². The van der Waals surface area contributed by atoms with Gasteiger partial charge in [0.15, 0.2) is 0 Å². The average molecular weight is 303 g/mol. The smallest absolute Gasteiger partial charge is 0.286 e. The first-order valence-corrected chi connectivity index (χ1v) is 6.41. The van der Waals surface area contributed by atoms with E-state index in [0.29, 0.717) is 15.7 Å². The van der Waals surface area contributed by atoms with E-state index in [1.807, 2.05) is 6.92 Å². The average Bonchev–Trinajstić information content (AvgIpc) is 2.76. The van der Waals surface area contributed by atoms with Crippen LogP contribution in [-0.2, 0) is 0 Å². The van der Waals surface area contributed by atoms with Crippen molar-refractivity contribution in [3.8, 4) is 0 Å². The van der Waals surface area contributed by atoms with Crippen molar-refractivity contribution in [2.24, 2.45) is 0 Å². The van der Waals surface area contributed by atoms with Crippen LogP contribution in [0.15, 0.2) is 12.1 Å². The molecule has 5 nitrogen and oxygen atoms in total. The Morgan fingerprint density at radius 1 is 1.39 bits per heavy atom. The topological polar surface area (TPSA) is 80.9 Å². The van der Waals surface area contributed by atoms with Crippen molar-refractivity contribution in [1.82, 2.24) is 10.2 Å². The summed E-state index contributed by atoms with van der Waals surface area (Å²) in [6, 6.07) is 3.43. The van der Waals surface area contributed by atoms with Crippen LogP contribution in [0.2, 0.25) is 10.0 Å². The van der Waals surface area contributed by atoms with Crippen LogP contribution in [-0.4, -0.2) is 16.1 Å². The maximum atomic E-state index is 11.9. The van der Waals surface area contributed by atoms with E-state index in [9.17, 15) is 4.79 Å². The molecule has 0 saturated heterocycles. The first kappa shape index (κ1) is 13.1. The number of nitrogens with zero attached hydrogens (tertiary/aromatic N) is 2. The van der Waals surface area contributed by atoms with Gasteiger partial charge in [0.1, 0.15) is 0 Å². The Labute approximate surface area is 117 Å². The maximum Gasteiger partial charge on any atom is 0.286 e. The standard InChI is InChI=1S/C10H8Cl2N4OS/c1-4-2-3-5(11)7(6(4)12)14-8(17)9-15-16-10(13)18-9/h2-3H,1H3,(H2,13,16)(H,14,17). The molecule has 0 radical (unpaired) electrons. The number of hydrogen-bond acceptors (Lipinski definition) is 5. The van der Waals surface area contributed by atoms with Gasteiger partial charge in [-0.05, 0) is 18.6 Å². The Morgan fingerprint density at radius 2 is 2.11 bits per heavy atom. The number of nitrogens with two attached hydrogens (primary N) is 1. The summed E-state index contributed by atoms with van der Waals surface area (Å²) in [5, 5.41) is 10.9. The number of carbonyl (C=O) groups is 1. The Balaban J connectivity index is 2.30. The lowest BCUT2D eigenvalue weighted by Gasteiger charge is -2.09. The van der Waals surface area contributed by atoms with E-state index < -0.39 is 5.91 Å². The number of anilines is 2. The number of hydrogen-bond donors (Lipinski definition) is 2. The van der Waals surface area contributed by atoms with Crippen LogP contribution in [0.3, 0.4) is 0 Å². The number of amides is 1. The molecule has 0 aliphatic carbocycles. The molecule has 18 heavy (non-hydrogen) atoms. The van der Waals surface area contributed by atoms with Crippen LogP contribution in [0.25, 0.3) is 0 Å². The summed E-state index contributed by atoms with van der Waals surface area (Å²) in [4.78, 5) is 11.9. The SMILES string of the molecule is Cc1ccc(Cl)c(NC(=O)c2nnc(N)s2)c1Cl. The Hall–Kier alpha value is -1.37. The maximum absolute atomic E-state index is 11.9. The number of rotatable bonds is 2. The van der Waals surface area contributed by atoms with Crippen molar-refractivity contribution in [3.05, 3.63) is 32.7 Å². The number of benzene rings is 1. The quantitative estimate of drug-likeness (QED) is 0.893. The summed E-state index contributed by atoms with van der Waals surface area (Å²) in [5.41, 5.74) is 6.58. The minimum absolute atomic E-state index is 0.154. The molecular formula is C10H8Cl2N4OS. The minimum atomic E-state index is -0.446. The van der Waals surface area contributed by atoms with Crippen molar-refractivity contribution in [1.29, 1.82) is 0 Å². The lowest BCUT2D eigenvalue weighted by atomic mass is 10.2. The molecule has 0 atom stereocenters. The molecule has 0 aliphatic heterocycles. The summed E-state index contributed by atoms with van der Waals surface area (Å²) in [5.74, 6) is -0.446. The fourth-order valence-electron chi connectivity index (χ4n) is 1.26. The van der Waals surface area contributed by atoms with Crippen molar-refractivity contribution < 1.29 is 4.79 Å². The zero-order valence-corrected chi connectivity index (χ0v) is 11.5. The molecule has 1 aromatic heterocycles. The first-order chi connectivity index (χ1) is 8.49. The van der Waals surface area contributed by atoms with Gasteiger partial charge < -0.3 is 11.1 Å². The molecule has 1 heterocycles. The molecule has 0 saturated carbocycles. The summed E-state index contributed by atoms with van der Waals surface area (Å²) < 4.78 is 0. The molecule has 0 spiro atoms. The second-order valence-electron chi connectivity index (χ2n) is 3.45. The van der Waals surface area contributed by atoms with Crippen LogP contribution in [0, 0.1) is 6.92 Å². The van der Waals surface area contributed by atoms with E-state index in [0.717, 1.165) is 16.9 Å². The predicted molar refractivity (Wildman–Crippen MR) is 73.5 cm³/mol. The third-order valence-electron chi connectivity index (χ3n) is 2.16. The number of nitrogen functional groups attached to an aromatic ring is 1. The number of carbonyl (C=O) groups excluding carboxylic acids is 1. The number of aromatic nitrogens is 2. The molecule has 1 amide bonds. The highest BCUT2D eigenvalue weighted by molar-refractivity contribution is 7.17. The molecule has 0 fully saturated rings. The third-order valence-corrected chi connectivity index (χ3v) is 3.71. The molecule has 94 valence electrons. The van der Waals surface area contributed by atoms with Gasteiger partial charge >= 0.3 is 0 Å². The van der Waals surface area contributed by atoms with Gasteiger partial charge in [0.05, 0.1) is 15.7 Å². The highest BCUT2D eigenvalue weighted by atomic mass is 35.5. The van der Waals surface area contributed by atoms with Gasteiger partial charge in [0.25, 0.3) is 5.91 Å². The van der Waals surface area contributed by atoms with Crippen LogP contribution >= 0.6 is 34.5 Å². The molecule has 1 aromatic carbocycles. The Kier molecular flexibility index (Phi) is 3.70. The van der Waals surface area contributed by atoms with E-state index >= 15 is 0 Å². The van der Waals surface area contributed by atoms with Gasteiger partial charge in [0.2, 0.25) is 10.1 Å². The van der Waals surface area contributed by atoms with Crippen molar-refractivity contribution in [3.63, 3.8) is 0 Å². The predicted octanol–water partition coefficient (Wildman–Crippen LogP) is 2.99. The number of halogens is 2. The van der Waals surface area contributed by atoms with Gasteiger partial charge in [-0.25, -0.2) is 0 Å².